The van der Waals surface area contributed by atoms with Crippen molar-refractivity contribution in [2.24, 2.45) is 5.92 Å². The summed E-state index contributed by atoms with van der Waals surface area (Å²) in [7, 11) is 0. The molecule has 2 fully saturated rings. The lowest BCUT2D eigenvalue weighted by Crippen LogP contribution is -2.40. The molecule has 0 aliphatic carbocycles. The number of carbonyl (C=O) groups excluding carboxylic acids is 2. The number of rotatable bonds is 6. The minimum atomic E-state index is -4.89. The van der Waals surface area contributed by atoms with Crippen LogP contribution in [0.2, 0.25) is 0 Å². The average molecular weight is 434 g/mol. The van der Waals surface area contributed by atoms with Crippen molar-refractivity contribution >= 4 is 29.9 Å². The van der Waals surface area contributed by atoms with Gasteiger partial charge in [-0.15, -0.1) is 12.4 Å². The lowest BCUT2D eigenvalue weighted by molar-refractivity contribution is -0.185. The smallest absolute Gasteiger partial charge is 0.331 e. The van der Waals surface area contributed by atoms with E-state index < -0.39 is 12.1 Å². The van der Waals surface area contributed by atoms with Crippen LogP contribution in [-0.4, -0.2) is 41.5 Å². The summed E-state index contributed by atoms with van der Waals surface area (Å²) in [5.74, 6) is -1.57. The van der Waals surface area contributed by atoms with Gasteiger partial charge in [-0.25, -0.2) is 0 Å². The maximum Gasteiger partial charge on any atom is 0.471 e. The number of anilines is 1. The van der Waals surface area contributed by atoms with Gasteiger partial charge in [0, 0.05) is 37.3 Å². The molecule has 0 spiro atoms. The molecule has 2 amide bonds. The summed E-state index contributed by atoms with van der Waals surface area (Å²) in [6.45, 7) is 1.30. The largest absolute Gasteiger partial charge is 0.471 e. The average Bonchev–Trinajstić information content (AvgIpc) is 2.97. The highest BCUT2D eigenvalue weighted by Crippen LogP contribution is 2.32. The zero-order valence-electron chi connectivity index (χ0n) is 16.3. The van der Waals surface area contributed by atoms with Gasteiger partial charge in [0.25, 0.3) is 0 Å². The summed E-state index contributed by atoms with van der Waals surface area (Å²) in [4.78, 5) is 24.6. The molecule has 2 unspecified atom stereocenters. The van der Waals surface area contributed by atoms with Crippen molar-refractivity contribution in [2.45, 2.75) is 63.8 Å². The Morgan fingerprint density at radius 1 is 1.21 bits per heavy atom. The van der Waals surface area contributed by atoms with E-state index in [1.807, 2.05) is 0 Å². The molecule has 1 aromatic rings. The molecule has 2 heterocycles. The molecule has 0 radical (unpaired) electrons. The summed E-state index contributed by atoms with van der Waals surface area (Å²) in [5.41, 5.74) is 1.08. The van der Waals surface area contributed by atoms with E-state index in [9.17, 15) is 22.8 Å². The number of carbonyl (C=O) groups is 2. The van der Waals surface area contributed by atoms with E-state index in [-0.39, 0.29) is 31.4 Å². The third-order valence-electron chi connectivity index (χ3n) is 5.54. The number of halogens is 4. The van der Waals surface area contributed by atoms with Gasteiger partial charge in [-0.2, -0.15) is 13.2 Å². The van der Waals surface area contributed by atoms with Crippen LogP contribution in [0, 0.1) is 5.92 Å². The molecule has 1 aromatic carbocycles. The number of hydrogen-bond acceptors (Lipinski definition) is 3. The summed E-state index contributed by atoms with van der Waals surface area (Å²) in [6, 6.07) is 7.68. The molecule has 29 heavy (non-hydrogen) atoms. The Labute approximate surface area is 174 Å². The van der Waals surface area contributed by atoms with E-state index in [1.165, 1.54) is 19.8 Å². The molecule has 2 N–H and O–H groups in total. The minimum absolute atomic E-state index is 0. The minimum Gasteiger partial charge on any atom is -0.331 e. The summed E-state index contributed by atoms with van der Waals surface area (Å²) in [5, 5.41) is 6.40. The topological polar surface area (TPSA) is 61.4 Å². The quantitative estimate of drug-likeness (QED) is 0.715. The normalized spacial score (nSPS) is 23.2. The van der Waals surface area contributed by atoms with Crippen molar-refractivity contribution in [3.8, 4) is 0 Å². The third-order valence-corrected chi connectivity index (χ3v) is 5.54. The number of nitrogens with zero attached hydrogens (tertiary/aromatic N) is 1. The van der Waals surface area contributed by atoms with Crippen molar-refractivity contribution in [1.82, 2.24) is 10.2 Å². The number of piperidine rings is 1. The molecule has 162 valence electrons. The van der Waals surface area contributed by atoms with Crippen LogP contribution in [0.4, 0.5) is 18.9 Å². The summed E-state index contributed by atoms with van der Waals surface area (Å²) < 4.78 is 38.0. The highest BCUT2D eigenvalue weighted by Gasteiger charge is 2.42. The van der Waals surface area contributed by atoms with Gasteiger partial charge in [-0.1, -0.05) is 12.1 Å². The molecule has 2 aliphatic heterocycles. The molecule has 2 saturated heterocycles. The number of fused-ring (bicyclic) bond motifs is 2. The molecule has 2 bridgehead atoms. The number of benzene rings is 1. The first-order valence-corrected chi connectivity index (χ1v) is 9.75. The van der Waals surface area contributed by atoms with Crippen molar-refractivity contribution < 1.29 is 22.8 Å². The van der Waals surface area contributed by atoms with Gasteiger partial charge < -0.3 is 15.5 Å². The van der Waals surface area contributed by atoms with Gasteiger partial charge in [0.1, 0.15) is 0 Å². The lowest BCUT2D eigenvalue weighted by atomic mass is 9.89. The van der Waals surface area contributed by atoms with E-state index in [0.29, 0.717) is 35.7 Å². The van der Waals surface area contributed by atoms with Gasteiger partial charge >= 0.3 is 12.1 Å². The van der Waals surface area contributed by atoms with Crippen LogP contribution in [-0.2, 0) is 16.1 Å². The second kappa shape index (κ2) is 9.80. The highest BCUT2D eigenvalue weighted by atomic mass is 35.5. The van der Waals surface area contributed by atoms with Crippen LogP contribution in [0.3, 0.4) is 0 Å². The number of alkyl halides is 3. The zero-order chi connectivity index (χ0) is 20.3. The second-order valence-corrected chi connectivity index (χ2v) is 7.75. The zero-order valence-corrected chi connectivity index (χ0v) is 17.1. The van der Waals surface area contributed by atoms with Crippen LogP contribution in [0.25, 0.3) is 0 Å². The van der Waals surface area contributed by atoms with Crippen LogP contribution >= 0.6 is 12.4 Å². The number of amides is 2. The maximum atomic E-state index is 12.7. The number of nitrogens with one attached hydrogen (secondary N) is 2. The van der Waals surface area contributed by atoms with Gasteiger partial charge in [-0.05, 0) is 56.2 Å². The second-order valence-electron chi connectivity index (χ2n) is 7.75. The van der Waals surface area contributed by atoms with Crippen LogP contribution in [0.15, 0.2) is 24.3 Å². The van der Waals surface area contributed by atoms with E-state index in [0.717, 1.165) is 17.7 Å². The van der Waals surface area contributed by atoms with Gasteiger partial charge in [-0.3, -0.25) is 9.59 Å². The summed E-state index contributed by atoms with van der Waals surface area (Å²) in [6.07, 6.45) is -0.0720. The maximum absolute atomic E-state index is 12.7. The molecular weight excluding hydrogens is 407 g/mol. The van der Waals surface area contributed by atoms with Crippen molar-refractivity contribution in [3.05, 3.63) is 29.8 Å². The van der Waals surface area contributed by atoms with E-state index in [4.69, 9.17) is 0 Å². The Morgan fingerprint density at radius 3 is 2.45 bits per heavy atom. The van der Waals surface area contributed by atoms with E-state index in [2.05, 4.69) is 10.6 Å². The van der Waals surface area contributed by atoms with E-state index >= 15 is 0 Å². The monoisotopic (exact) mass is 433 g/mol. The molecule has 2 aliphatic rings. The Balaban J connectivity index is 0.00000300. The predicted molar refractivity (Wildman–Crippen MR) is 107 cm³/mol. The highest BCUT2D eigenvalue weighted by molar-refractivity contribution is 5.91. The third kappa shape index (κ3) is 6.34. The molecule has 2 atom stereocenters. The Morgan fingerprint density at radius 2 is 1.86 bits per heavy atom. The van der Waals surface area contributed by atoms with Gasteiger partial charge in [0.15, 0.2) is 0 Å². The fourth-order valence-corrected chi connectivity index (χ4v) is 4.29. The van der Waals surface area contributed by atoms with Gasteiger partial charge in [0.05, 0.1) is 0 Å². The van der Waals surface area contributed by atoms with E-state index in [1.54, 1.807) is 24.3 Å². The van der Waals surface area contributed by atoms with Crippen LogP contribution < -0.4 is 10.6 Å². The first kappa shape index (κ1) is 23.5. The molecule has 3 rings (SSSR count). The molecule has 0 aromatic heterocycles. The Kier molecular flexibility index (Phi) is 7.94. The van der Waals surface area contributed by atoms with Gasteiger partial charge in [0.2, 0.25) is 5.91 Å². The first-order valence-electron chi connectivity index (χ1n) is 9.75. The Bertz CT molecular complexity index is 717. The fourth-order valence-electron chi connectivity index (χ4n) is 4.29. The Hall–Kier alpha value is -1.80. The van der Waals surface area contributed by atoms with Crippen molar-refractivity contribution in [3.63, 3.8) is 0 Å². The van der Waals surface area contributed by atoms with Crippen molar-refractivity contribution in [1.29, 1.82) is 0 Å². The molecule has 0 saturated carbocycles. The molecule has 9 heteroatoms. The predicted octanol–water partition coefficient (Wildman–Crippen LogP) is 3.88. The SMILES string of the molecule is CCN(Cc1cccc(NC(=O)CC2CC3CCC(C2)N3)c1)C(=O)C(F)(F)F.Cl. The fraction of sp³-hybridized carbons (Fsp3) is 0.600. The van der Waals surface area contributed by atoms with Crippen molar-refractivity contribution in [2.75, 3.05) is 11.9 Å². The van der Waals surface area contributed by atoms with Crippen LogP contribution in [0.5, 0.6) is 0 Å². The summed E-state index contributed by atoms with van der Waals surface area (Å²) >= 11 is 0. The first-order chi connectivity index (χ1) is 13.2. The molecular formula is C20H27ClF3N3O2. The lowest BCUT2D eigenvalue weighted by Gasteiger charge is -2.28. The van der Waals surface area contributed by atoms with Crippen LogP contribution in [0.1, 0.15) is 44.6 Å². The molecule has 5 nitrogen and oxygen atoms in total. The standard InChI is InChI=1S/C20H26F3N3O2.ClH/c1-2-26(19(28)20(21,22)23)12-13-4-3-5-15(8-13)25-18(27)11-14-9-16-6-7-17(10-14)24-16;/h3-5,8,14,16-17,24H,2,6-7,9-12H2,1H3,(H,25,27);1H. The number of hydrogen-bond donors (Lipinski definition) is 2.